The molecule has 0 heterocycles. The minimum Gasteiger partial charge on any atom is -0.460 e. The molecule has 0 aliphatic heterocycles. The molecule has 1 aliphatic carbocycles. The first-order valence-electron chi connectivity index (χ1n) is 10.2. The van der Waals surface area contributed by atoms with Crippen LogP contribution in [0.1, 0.15) is 31.1 Å². The number of ketones is 2. The molecule has 0 amide bonds. The van der Waals surface area contributed by atoms with Crippen molar-refractivity contribution in [2.24, 2.45) is 0 Å². The van der Waals surface area contributed by atoms with E-state index < -0.39 is 5.97 Å². The number of allylic oxidation sites excluding steroid dienone is 2. The van der Waals surface area contributed by atoms with Gasteiger partial charge in [-0.15, -0.1) is 0 Å². The van der Waals surface area contributed by atoms with Gasteiger partial charge in [0.1, 0.15) is 6.61 Å². The molecule has 168 valence electrons. The molecule has 0 fully saturated rings. The second-order valence-corrected chi connectivity index (χ2v) is 6.85. The largest absolute Gasteiger partial charge is 0.460 e. The summed E-state index contributed by atoms with van der Waals surface area (Å²) in [5.41, 5.74) is 1.89. The molecule has 0 unspecified atom stereocenters. The topological polar surface area (TPSA) is 100 Å². The molecule has 0 radical (unpaired) electrons. The Morgan fingerprint density at radius 3 is 2.12 bits per heavy atom. The number of carbonyl (C=O) groups is 3. The van der Waals surface area contributed by atoms with Crippen molar-refractivity contribution in [3.63, 3.8) is 0 Å². The van der Waals surface area contributed by atoms with Crippen LogP contribution in [0.2, 0.25) is 0 Å². The Kier molecular flexibility index (Phi) is 8.68. The van der Waals surface area contributed by atoms with E-state index in [1.807, 2.05) is 0 Å². The van der Waals surface area contributed by atoms with E-state index in [1.165, 1.54) is 6.08 Å². The third-order valence-electron chi connectivity index (χ3n) is 4.62. The van der Waals surface area contributed by atoms with Gasteiger partial charge in [-0.05, 0) is 24.3 Å². The molecule has 1 aliphatic rings. The van der Waals surface area contributed by atoms with E-state index in [1.54, 1.807) is 55.6 Å². The van der Waals surface area contributed by atoms with Crippen LogP contribution in [0.25, 0.3) is 0 Å². The summed E-state index contributed by atoms with van der Waals surface area (Å²) in [6, 6.07) is 13.1. The summed E-state index contributed by atoms with van der Waals surface area (Å²) in [7, 11) is 1.61. The normalized spacial score (nSPS) is 12.8. The van der Waals surface area contributed by atoms with Crippen LogP contribution < -0.4 is 5.32 Å². The average Bonchev–Trinajstić information content (AvgIpc) is 2.81. The van der Waals surface area contributed by atoms with E-state index in [-0.39, 0.29) is 30.5 Å². The van der Waals surface area contributed by atoms with Gasteiger partial charge in [-0.25, -0.2) is 4.79 Å². The van der Waals surface area contributed by atoms with Gasteiger partial charge in [0.2, 0.25) is 5.78 Å². The van der Waals surface area contributed by atoms with E-state index >= 15 is 0 Å². The Hall–Kier alpha value is -3.33. The maximum Gasteiger partial charge on any atom is 0.338 e. The average molecular weight is 439 g/mol. The quantitative estimate of drug-likeness (QED) is 0.398. The van der Waals surface area contributed by atoms with Crippen LogP contribution in [0, 0.1) is 0 Å². The number of hydrogen-bond acceptors (Lipinski definition) is 8. The van der Waals surface area contributed by atoms with Crippen LogP contribution in [-0.4, -0.2) is 64.3 Å². The smallest absolute Gasteiger partial charge is 0.338 e. The third kappa shape index (κ3) is 6.34. The number of anilines is 1. The molecule has 8 heteroatoms. The summed E-state index contributed by atoms with van der Waals surface area (Å²) in [5.74, 6) is -0.965. The number of rotatable bonds is 12. The third-order valence-corrected chi connectivity index (χ3v) is 4.62. The molecular formula is C24H25NO7. The lowest BCUT2D eigenvalue weighted by molar-refractivity contribution is 0.00570. The Morgan fingerprint density at radius 1 is 0.812 bits per heavy atom. The minimum absolute atomic E-state index is 0.125. The first kappa shape index (κ1) is 23.3. The fraction of sp³-hybridized carbons (Fsp3) is 0.292. The summed E-state index contributed by atoms with van der Waals surface area (Å²) in [6.07, 6.45) is 1.29. The summed E-state index contributed by atoms with van der Waals surface area (Å²) in [4.78, 5) is 37.0. The number of Topliss-reactive ketones (excluding diaryl/α,β-unsaturated/α-hetero) is 1. The minimum atomic E-state index is -0.478. The maximum absolute atomic E-state index is 12.6. The van der Waals surface area contributed by atoms with Crippen LogP contribution in [0.4, 0.5) is 5.69 Å². The summed E-state index contributed by atoms with van der Waals surface area (Å²) < 4.78 is 20.6. The zero-order valence-corrected chi connectivity index (χ0v) is 17.8. The van der Waals surface area contributed by atoms with Gasteiger partial charge in [0.25, 0.3) is 0 Å². The Bertz CT molecular complexity index is 982. The lowest BCUT2D eigenvalue weighted by Crippen LogP contribution is -2.21. The summed E-state index contributed by atoms with van der Waals surface area (Å²) in [5, 5.41) is 2.95. The van der Waals surface area contributed by atoms with Crippen molar-refractivity contribution < 1.29 is 33.3 Å². The van der Waals surface area contributed by atoms with Gasteiger partial charge in [-0.3, -0.25) is 9.59 Å². The molecule has 3 rings (SSSR count). The SMILES string of the molecule is COCCOCCOCCOC(=O)c1ccc(NC2=CC(=O)c3ccccc3C2=O)cc1. The highest BCUT2D eigenvalue weighted by molar-refractivity contribution is 6.25. The van der Waals surface area contributed by atoms with Crippen molar-refractivity contribution in [3.8, 4) is 0 Å². The van der Waals surface area contributed by atoms with Crippen molar-refractivity contribution in [2.75, 3.05) is 52.1 Å². The number of ether oxygens (including phenoxy) is 4. The molecule has 0 saturated carbocycles. The van der Waals surface area contributed by atoms with Gasteiger partial charge in [-0.2, -0.15) is 0 Å². The zero-order chi connectivity index (χ0) is 22.8. The number of fused-ring (bicyclic) bond motifs is 1. The number of nitrogens with one attached hydrogen (secondary N) is 1. The molecular weight excluding hydrogens is 414 g/mol. The van der Waals surface area contributed by atoms with Crippen molar-refractivity contribution >= 4 is 23.2 Å². The predicted octanol–water partition coefficient (Wildman–Crippen LogP) is 2.90. The molecule has 0 aromatic heterocycles. The lowest BCUT2D eigenvalue weighted by Gasteiger charge is -2.16. The van der Waals surface area contributed by atoms with E-state index in [9.17, 15) is 14.4 Å². The molecule has 32 heavy (non-hydrogen) atoms. The van der Waals surface area contributed by atoms with Gasteiger partial charge < -0.3 is 24.3 Å². The summed E-state index contributed by atoms with van der Waals surface area (Å²) in [6.45, 7) is 2.29. The molecule has 0 atom stereocenters. The number of carbonyl (C=O) groups excluding carboxylic acids is 3. The molecule has 1 N–H and O–H groups in total. The van der Waals surface area contributed by atoms with Gasteiger partial charge >= 0.3 is 5.97 Å². The van der Waals surface area contributed by atoms with Crippen molar-refractivity contribution in [1.82, 2.24) is 0 Å². The van der Waals surface area contributed by atoms with Crippen LogP contribution in [-0.2, 0) is 18.9 Å². The lowest BCUT2D eigenvalue weighted by atomic mass is 9.92. The number of methoxy groups -OCH3 is 1. The van der Waals surface area contributed by atoms with E-state index in [0.29, 0.717) is 48.8 Å². The van der Waals surface area contributed by atoms with Gasteiger partial charge in [0.05, 0.1) is 44.3 Å². The molecule has 8 nitrogen and oxygen atoms in total. The van der Waals surface area contributed by atoms with Gasteiger partial charge in [0, 0.05) is 30.0 Å². The van der Waals surface area contributed by atoms with Crippen LogP contribution in [0.15, 0.2) is 60.3 Å². The first-order valence-corrected chi connectivity index (χ1v) is 10.2. The Balaban J connectivity index is 1.44. The van der Waals surface area contributed by atoms with Crippen molar-refractivity contribution in [2.45, 2.75) is 0 Å². The van der Waals surface area contributed by atoms with E-state index in [2.05, 4.69) is 5.32 Å². The molecule has 0 spiro atoms. The number of esters is 1. The Morgan fingerprint density at radius 2 is 1.44 bits per heavy atom. The standard InChI is InChI=1S/C24H25NO7/c1-29-10-11-30-12-13-31-14-15-32-24(28)17-6-8-18(9-7-17)25-21-16-22(26)19-4-2-3-5-20(19)23(21)27/h2-9,16,25H,10-15H2,1H3. The van der Waals surface area contributed by atoms with Gasteiger partial charge in [0.15, 0.2) is 5.78 Å². The van der Waals surface area contributed by atoms with E-state index in [4.69, 9.17) is 18.9 Å². The molecule has 2 aromatic carbocycles. The van der Waals surface area contributed by atoms with Crippen LogP contribution in [0.5, 0.6) is 0 Å². The fourth-order valence-electron chi connectivity index (χ4n) is 2.99. The fourth-order valence-corrected chi connectivity index (χ4v) is 2.99. The summed E-state index contributed by atoms with van der Waals surface area (Å²) >= 11 is 0. The molecule has 0 saturated heterocycles. The number of benzene rings is 2. The predicted molar refractivity (Wildman–Crippen MR) is 117 cm³/mol. The number of hydrogen-bond donors (Lipinski definition) is 1. The second-order valence-electron chi connectivity index (χ2n) is 6.85. The monoisotopic (exact) mass is 439 g/mol. The maximum atomic E-state index is 12.6. The van der Waals surface area contributed by atoms with Crippen molar-refractivity contribution in [3.05, 3.63) is 77.0 Å². The van der Waals surface area contributed by atoms with Crippen LogP contribution >= 0.6 is 0 Å². The van der Waals surface area contributed by atoms with E-state index in [0.717, 1.165) is 0 Å². The highest BCUT2D eigenvalue weighted by atomic mass is 16.6. The zero-order valence-electron chi connectivity index (χ0n) is 17.8. The molecule has 0 bridgehead atoms. The van der Waals surface area contributed by atoms with Crippen LogP contribution in [0.3, 0.4) is 0 Å². The molecule has 2 aromatic rings. The van der Waals surface area contributed by atoms with Crippen molar-refractivity contribution in [1.29, 1.82) is 0 Å². The highest BCUT2D eigenvalue weighted by Crippen LogP contribution is 2.23. The first-order chi connectivity index (χ1) is 15.6. The Labute approximate surface area is 186 Å². The van der Waals surface area contributed by atoms with Gasteiger partial charge in [-0.1, -0.05) is 24.3 Å². The highest BCUT2D eigenvalue weighted by Gasteiger charge is 2.25. The second kappa shape index (κ2) is 11.9.